The molecule has 0 aromatic carbocycles. The maximum Gasteiger partial charge on any atom is 0.0947 e. The Hall–Kier alpha value is -0.870. The number of nitrogens with two attached hydrogens (primary N) is 1. The summed E-state index contributed by atoms with van der Waals surface area (Å²) in [4.78, 5) is 4.31. The molecule has 0 amide bonds. The van der Waals surface area contributed by atoms with Gasteiger partial charge in [-0.2, -0.15) is 0 Å². The fourth-order valence-electron chi connectivity index (χ4n) is 1.66. The highest BCUT2D eigenvalue weighted by Gasteiger charge is 2.11. The molecular weight excluding hydrogens is 188 g/mol. The number of rotatable bonds is 6. The maximum atomic E-state index is 5.53. The van der Waals surface area contributed by atoms with E-state index >= 15 is 0 Å². The molecule has 0 aliphatic heterocycles. The van der Waals surface area contributed by atoms with Gasteiger partial charge < -0.3 is 4.57 Å². The third kappa shape index (κ3) is 4.01. The zero-order valence-electron chi connectivity index (χ0n) is 9.90. The molecule has 4 nitrogen and oxygen atoms in total. The molecule has 1 atom stereocenters. The van der Waals surface area contributed by atoms with Gasteiger partial charge >= 0.3 is 0 Å². The molecule has 15 heavy (non-hydrogen) atoms. The summed E-state index contributed by atoms with van der Waals surface area (Å²) < 4.78 is 1.95. The Bertz CT molecular complexity index is 280. The van der Waals surface area contributed by atoms with Crippen molar-refractivity contribution in [2.75, 3.05) is 0 Å². The van der Waals surface area contributed by atoms with Crippen LogP contribution in [0.25, 0.3) is 0 Å². The Morgan fingerprint density at radius 3 is 2.67 bits per heavy atom. The predicted octanol–water partition coefficient (Wildman–Crippen LogP) is 1.75. The van der Waals surface area contributed by atoms with Crippen LogP contribution in [-0.4, -0.2) is 9.55 Å². The van der Waals surface area contributed by atoms with Gasteiger partial charge in [0.1, 0.15) is 0 Å². The SMILES string of the molecule is CC(C)CCCC(NN)c1cn(C)cn1. The summed E-state index contributed by atoms with van der Waals surface area (Å²) in [5.41, 5.74) is 3.86. The van der Waals surface area contributed by atoms with Gasteiger partial charge in [0.2, 0.25) is 0 Å². The Labute approximate surface area is 91.8 Å². The number of nitrogens with zero attached hydrogens (tertiary/aromatic N) is 2. The van der Waals surface area contributed by atoms with Crippen LogP contribution >= 0.6 is 0 Å². The first kappa shape index (κ1) is 12.2. The van der Waals surface area contributed by atoms with Gasteiger partial charge in [-0.3, -0.25) is 11.3 Å². The number of aryl methyl sites for hydroxylation is 1. The van der Waals surface area contributed by atoms with Gasteiger partial charge in [-0.15, -0.1) is 0 Å². The molecular formula is C11H22N4. The van der Waals surface area contributed by atoms with Gasteiger partial charge in [0.15, 0.2) is 0 Å². The molecule has 3 N–H and O–H groups in total. The Morgan fingerprint density at radius 1 is 1.47 bits per heavy atom. The van der Waals surface area contributed by atoms with E-state index < -0.39 is 0 Å². The normalized spacial score (nSPS) is 13.4. The van der Waals surface area contributed by atoms with Crippen molar-refractivity contribution in [2.24, 2.45) is 18.8 Å². The summed E-state index contributed by atoms with van der Waals surface area (Å²) in [6, 6.07) is 0.185. The molecule has 0 spiro atoms. The molecule has 0 radical (unpaired) electrons. The highest BCUT2D eigenvalue weighted by Crippen LogP contribution is 2.18. The van der Waals surface area contributed by atoms with Crippen LogP contribution in [0.2, 0.25) is 0 Å². The van der Waals surface area contributed by atoms with Crippen molar-refractivity contribution in [3.8, 4) is 0 Å². The molecule has 0 bridgehead atoms. The van der Waals surface area contributed by atoms with Crippen molar-refractivity contribution >= 4 is 0 Å². The minimum Gasteiger partial charge on any atom is -0.340 e. The van der Waals surface area contributed by atoms with E-state index in [2.05, 4.69) is 24.3 Å². The average molecular weight is 210 g/mol. The standard InChI is InChI=1S/C11H22N4/c1-9(2)5-4-6-10(14-12)11-7-15(3)8-13-11/h7-10,14H,4-6,12H2,1-3H3. The van der Waals surface area contributed by atoms with Gasteiger partial charge in [0, 0.05) is 13.2 Å². The van der Waals surface area contributed by atoms with E-state index in [9.17, 15) is 0 Å². The Morgan fingerprint density at radius 2 is 2.20 bits per heavy atom. The number of imidazole rings is 1. The van der Waals surface area contributed by atoms with Crippen LogP contribution in [0.1, 0.15) is 44.8 Å². The quantitative estimate of drug-likeness (QED) is 0.555. The van der Waals surface area contributed by atoms with E-state index in [4.69, 9.17) is 5.84 Å². The van der Waals surface area contributed by atoms with E-state index in [1.165, 1.54) is 12.8 Å². The van der Waals surface area contributed by atoms with Crippen molar-refractivity contribution < 1.29 is 0 Å². The third-order valence-corrected chi connectivity index (χ3v) is 2.56. The lowest BCUT2D eigenvalue weighted by Crippen LogP contribution is -2.28. The summed E-state index contributed by atoms with van der Waals surface area (Å²) in [6.45, 7) is 4.48. The molecule has 1 aromatic heterocycles. The molecule has 86 valence electrons. The zero-order valence-corrected chi connectivity index (χ0v) is 9.90. The van der Waals surface area contributed by atoms with Crippen molar-refractivity contribution in [2.45, 2.75) is 39.2 Å². The average Bonchev–Trinajstić information content (AvgIpc) is 2.59. The Balaban J connectivity index is 2.42. The zero-order chi connectivity index (χ0) is 11.3. The van der Waals surface area contributed by atoms with Crippen molar-refractivity contribution in [3.63, 3.8) is 0 Å². The number of hydrogen-bond donors (Lipinski definition) is 2. The highest BCUT2D eigenvalue weighted by atomic mass is 15.2. The minimum absolute atomic E-state index is 0.185. The second-order valence-corrected chi connectivity index (χ2v) is 4.51. The molecule has 1 rings (SSSR count). The molecule has 0 fully saturated rings. The van der Waals surface area contributed by atoms with E-state index in [1.54, 1.807) is 0 Å². The van der Waals surface area contributed by atoms with Gasteiger partial charge in [0.05, 0.1) is 18.1 Å². The van der Waals surface area contributed by atoms with Crippen LogP contribution in [0.15, 0.2) is 12.5 Å². The van der Waals surface area contributed by atoms with E-state index in [-0.39, 0.29) is 6.04 Å². The second kappa shape index (κ2) is 5.88. The maximum absolute atomic E-state index is 5.53. The molecule has 4 heteroatoms. The molecule has 1 aromatic rings. The van der Waals surface area contributed by atoms with E-state index in [0.29, 0.717) is 0 Å². The van der Waals surface area contributed by atoms with Crippen LogP contribution in [0.3, 0.4) is 0 Å². The molecule has 0 saturated carbocycles. The molecule has 0 aliphatic rings. The monoisotopic (exact) mass is 210 g/mol. The summed E-state index contributed by atoms with van der Waals surface area (Å²) in [7, 11) is 1.97. The fraction of sp³-hybridized carbons (Fsp3) is 0.727. The molecule has 1 heterocycles. The summed E-state index contributed by atoms with van der Waals surface area (Å²) >= 11 is 0. The third-order valence-electron chi connectivity index (χ3n) is 2.56. The molecule has 0 saturated heterocycles. The molecule has 1 unspecified atom stereocenters. The van der Waals surface area contributed by atoms with Crippen molar-refractivity contribution in [1.29, 1.82) is 0 Å². The topological polar surface area (TPSA) is 55.9 Å². The van der Waals surface area contributed by atoms with Crippen LogP contribution in [-0.2, 0) is 7.05 Å². The van der Waals surface area contributed by atoms with Gasteiger partial charge in [0.25, 0.3) is 0 Å². The lowest BCUT2D eigenvalue weighted by atomic mass is 10.0. The summed E-state index contributed by atoms with van der Waals surface area (Å²) in [5.74, 6) is 6.29. The first-order valence-corrected chi connectivity index (χ1v) is 5.57. The number of hydrazine groups is 1. The molecule has 0 aliphatic carbocycles. The number of aromatic nitrogens is 2. The van der Waals surface area contributed by atoms with Gasteiger partial charge in [-0.25, -0.2) is 4.98 Å². The van der Waals surface area contributed by atoms with E-state index in [0.717, 1.165) is 18.0 Å². The van der Waals surface area contributed by atoms with Crippen LogP contribution in [0.4, 0.5) is 0 Å². The van der Waals surface area contributed by atoms with Crippen molar-refractivity contribution in [3.05, 3.63) is 18.2 Å². The van der Waals surface area contributed by atoms with Gasteiger partial charge in [-0.05, 0) is 12.3 Å². The first-order chi connectivity index (χ1) is 7.13. The Kier molecular flexibility index (Phi) is 4.78. The number of hydrogen-bond acceptors (Lipinski definition) is 3. The predicted molar refractivity (Wildman–Crippen MR) is 62.0 cm³/mol. The minimum atomic E-state index is 0.185. The van der Waals surface area contributed by atoms with E-state index in [1.807, 2.05) is 24.1 Å². The highest BCUT2D eigenvalue weighted by molar-refractivity contribution is 5.02. The second-order valence-electron chi connectivity index (χ2n) is 4.51. The van der Waals surface area contributed by atoms with Crippen LogP contribution < -0.4 is 11.3 Å². The summed E-state index contributed by atoms with van der Waals surface area (Å²) in [5, 5.41) is 0. The number of nitrogens with one attached hydrogen (secondary N) is 1. The lowest BCUT2D eigenvalue weighted by Gasteiger charge is -2.13. The van der Waals surface area contributed by atoms with Crippen LogP contribution in [0, 0.1) is 5.92 Å². The lowest BCUT2D eigenvalue weighted by molar-refractivity contribution is 0.449. The first-order valence-electron chi connectivity index (χ1n) is 5.57. The fourth-order valence-corrected chi connectivity index (χ4v) is 1.66. The largest absolute Gasteiger partial charge is 0.340 e. The van der Waals surface area contributed by atoms with Crippen molar-refractivity contribution in [1.82, 2.24) is 15.0 Å². The van der Waals surface area contributed by atoms with Gasteiger partial charge in [-0.1, -0.05) is 26.7 Å². The summed E-state index contributed by atoms with van der Waals surface area (Å²) in [6.07, 6.45) is 7.29. The van der Waals surface area contributed by atoms with Crippen LogP contribution in [0.5, 0.6) is 0 Å². The smallest absolute Gasteiger partial charge is 0.0947 e.